The standard InChI is InChI=1S/C28H46N2O7Si2/c1-27(2,3)38(7,8)29-24(23(26(29)33)15-16-37-39(9,10)28(4,5)6)17-22(31)18-25(32)36-19-20-11-13-21(14-12-20)30(34)35/h11-14,23-24H,15-19H2,1-10H3. The summed E-state index contributed by atoms with van der Waals surface area (Å²) < 4.78 is 13.5. The minimum atomic E-state index is -2.24. The van der Waals surface area contributed by atoms with Crippen molar-refractivity contribution in [3.8, 4) is 0 Å². The normalized spacial score (nSPS) is 18.5. The first kappa shape index (κ1) is 32.8. The van der Waals surface area contributed by atoms with E-state index in [1.165, 1.54) is 24.3 Å². The molecule has 1 heterocycles. The van der Waals surface area contributed by atoms with Gasteiger partial charge in [0.15, 0.2) is 16.6 Å². The number of non-ortho nitro benzene ring substituents is 1. The number of nitrogens with zero attached hydrogens (tertiary/aromatic N) is 2. The van der Waals surface area contributed by atoms with Crippen LogP contribution in [0.15, 0.2) is 24.3 Å². The smallest absolute Gasteiger partial charge is 0.313 e. The van der Waals surface area contributed by atoms with Crippen molar-refractivity contribution in [2.45, 2.75) is 110 Å². The second-order valence-electron chi connectivity index (χ2n) is 13.6. The third-order valence-corrected chi connectivity index (χ3v) is 18.8. The highest BCUT2D eigenvalue weighted by atomic mass is 28.4. The number of hydrogen-bond acceptors (Lipinski definition) is 7. The third kappa shape index (κ3) is 7.85. The van der Waals surface area contributed by atoms with Crippen LogP contribution >= 0.6 is 0 Å². The SMILES string of the molecule is CC(C)(C)[Si](C)(C)OCCC1C(=O)N([Si](C)(C)C(C)(C)C)C1CC(=O)CC(=O)OCc1ccc([N+](=O)[O-])cc1. The molecule has 1 aliphatic heterocycles. The van der Waals surface area contributed by atoms with Gasteiger partial charge in [-0.1, -0.05) is 54.6 Å². The number of ether oxygens (including phenoxy) is 1. The fourth-order valence-corrected chi connectivity index (χ4v) is 7.86. The Hall–Kier alpha value is -2.38. The van der Waals surface area contributed by atoms with E-state index in [2.05, 4.69) is 67.7 Å². The third-order valence-electron chi connectivity index (χ3n) is 8.81. The quantitative estimate of drug-likeness (QED) is 0.0720. The van der Waals surface area contributed by atoms with Crippen molar-refractivity contribution in [3.63, 3.8) is 0 Å². The second kappa shape index (κ2) is 12.0. The summed E-state index contributed by atoms with van der Waals surface area (Å²) in [5.41, 5.74) is 0.544. The minimum absolute atomic E-state index is 0.0501. The van der Waals surface area contributed by atoms with Crippen LogP contribution in [0.5, 0.6) is 0 Å². The van der Waals surface area contributed by atoms with Crippen LogP contribution in [0.4, 0.5) is 5.69 Å². The fourth-order valence-electron chi connectivity index (χ4n) is 4.26. The molecule has 1 aromatic carbocycles. The molecule has 1 aromatic rings. The van der Waals surface area contributed by atoms with Gasteiger partial charge in [0, 0.05) is 31.2 Å². The van der Waals surface area contributed by atoms with Gasteiger partial charge in [0.1, 0.15) is 18.8 Å². The number of hydrogen-bond donors (Lipinski definition) is 0. The number of carbonyl (C=O) groups is 3. The zero-order chi connectivity index (χ0) is 30.0. The number of esters is 1. The minimum Gasteiger partial charge on any atom is -0.460 e. The van der Waals surface area contributed by atoms with Crippen LogP contribution in [-0.4, -0.2) is 56.4 Å². The summed E-state index contributed by atoms with van der Waals surface area (Å²) in [6.07, 6.45) is 0.283. The summed E-state index contributed by atoms with van der Waals surface area (Å²) >= 11 is 0. The molecule has 0 aromatic heterocycles. The van der Waals surface area contributed by atoms with E-state index < -0.39 is 27.4 Å². The Morgan fingerprint density at radius 3 is 2.05 bits per heavy atom. The average molecular weight is 579 g/mol. The zero-order valence-electron chi connectivity index (χ0n) is 25.3. The maximum absolute atomic E-state index is 13.4. The van der Waals surface area contributed by atoms with Gasteiger partial charge < -0.3 is 13.7 Å². The van der Waals surface area contributed by atoms with Crippen LogP contribution in [0, 0.1) is 16.0 Å². The molecule has 2 rings (SSSR count). The monoisotopic (exact) mass is 578 g/mol. The summed E-state index contributed by atoms with van der Waals surface area (Å²) in [5, 5.41) is 10.8. The Labute approximate surface area is 235 Å². The highest BCUT2D eigenvalue weighted by Crippen LogP contribution is 2.46. The molecule has 2 atom stereocenters. The van der Waals surface area contributed by atoms with E-state index in [4.69, 9.17) is 9.16 Å². The molecular weight excluding hydrogens is 532 g/mol. The molecule has 2 unspecified atom stereocenters. The molecule has 1 amide bonds. The number of nitro benzene ring substituents is 1. The van der Waals surface area contributed by atoms with Crippen molar-refractivity contribution in [1.29, 1.82) is 0 Å². The first-order valence-electron chi connectivity index (χ1n) is 13.6. The summed E-state index contributed by atoms with van der Waals surface area (Å²) in [7, 11) is -4.20. The highest BCUT2D eigenvalue weighted by Gasteiger charge is 2.57. The molecule has 1 aliphatic rings. The maximum Gasteiger partial charge on any atom is 0.313 e. The van der Waals surface area contributed by atoms with Crippen LogP contribution in [0.25, 0.3) is 0 Å². The molecule has 0 N–H and O–H groups in total. The lowest BCUT2D eigenvalue weighted by atomic mass is 9.84. The Morgan fingerprint density at radius 2 is 1.56 bits per heavy atom. The van der Waals surface area contributed by atoms with Crippen molar-refractivity contribution in [2.24, 2.45) is 5.92 Å². The van der Waals surface area contributed by atoms with Crippen molar-refractivity contribution >= 4 is 39.9 Å². The topological polar surface area (TPSA) is 116 Å². The second-order valence-corrected chi connectivity index (χ2v) is 23.5. The van der Waals surface area contributed by atoms with Crippen molar-refractivity contribution in [1.82, 2.24) is 4.57 Å². The molecule has 0 radical (unpaired) electrons. The molecule has 218 valence electrons. The predicted molar refractivity (Wildman–Crippen MR) is 156 cm³/mol. The highest BCUT2D eigenvalue weighted by molar-refractivity contribution is 6.80. The Balaban J connectivity index is 2.05. The molecule has 1 fully saturated rings. The lowest BCUT2D eigenvalue weighted by Gasteiger charge is -2.58. The van der Waals surface area contributed by atoms with Gasteiger partial charge >= 0.3 is 5.97 Å². The fraction of sp³-hybridized carbons (Fsp3) is 0.679. The number of amides is 1. The number of β-lactam (4-membered cyclic amide) rings is 1. The molecule has 0 spiro atoms. The molecule has 11 heteroatoms. The Kier molecular flexibility index (Phi) is 10.1. The maximum atomic E-state index is 13.4. The van der Waals surface area contributed by atoms with Gasteiger partial charge in [-0.25, -0.2) is 0 Å². The van der Waals surface area contributed by atoms with Crippen LogP contribution in [-0.2, 0) is 30.2 Å². The predicted octanol–water partition coefficient (Wildman–Crippen LogP) is 6.23. The number of nitro groups is 1. The van der Waals surface area contributed by atoms with Gasteiger partial charge in [-0.15, -0.1) is 0 Å². The number of ketones is 1. The van der Waals surface area contributed by atoms with E-state index in [-0.39, 0.29) is 58.9 Å². The number of carbonyl (C=O) groups excluding carboxylic acids is 3. The first-order chi connectivity index (χ1) is 17.7. The van der Waals surface area contributed by atoms with Crippen LogP contribution in [0.1, 0.15) is 66.4 Å². The lowest BCUT2D eigenvalue weighted by Crippen LogP contribution is -2.73. The van der Waals surface area contributed by atoms with E-state index in [9.17, 15) is 24.5 Å². The summed E-state index contributed by atoms with van der Waals surface area (Å²) in [6.45, 7) is 22.0. The van der Waals surface area contributed by atoms with Crippen molar-refractivity contribution < 1.29 is 28.5 Å². The van der Waals surface area contributed by atoms with Gasteiger partial charge in [-0.3, -0.25) is 24.5 Å². The van der Waals surface area contributed by atoms with Gasteiger partial charge in [0.25, 0.3) is 5.69 Å². The number of Topliss-reactive ketones (excluding diaryl/α,β-unsaturated/α-hetero) is 1. The Morgan fingerprint density at radius 1 is 1.00 bits per heavy atom. The van der Waals surface area contributed by atoms with Crippen molar-refractivity contribution in [2.75, 3.05) is 6.61 Å². The van der Waals surface area contributed by atoms with E-state index in [0.717, 1.165) is 0 Å². The molecule has 9 nitrogen and oxygen atoms in total. The zero-order valence-corrected chi connectivity index (χ0v) is 27.3. The summed E-state index contributed by atoms with van der Waals surface area (Å²) in [6, 6.07) is 5.46. The molecule has 0 saturated carbocycles. The van der Waals surface area contributed by atoms with Gasteiger partial charge in [-0.05, 0) is 47.3 Å². The van der Waals surface area contributed by atoms with Gasteiger partial charge in [0.2, 0.25) is 5.91 Å². The Bertz CT molecular complexity index is 1070. The summed E-state index contributed by atoms with van der Waals surface area (Å²) in [4.78, 5) is 49.1. The largest absolute Gasteiger partial charge is 0.460 e. The van der Waals surface area contributed by atoms with Gasteiger partial charge in [-0.2, -0.15) is 0 Å². The summed E-state index contributed by atoms with van der Waals surface area (Å²) in [5.74, 6) is -1.14. The van der Waals surface area contributed by atoms with E-state index in [1.54, 1.807) is 0 Å². The first-order valence-corrected chi connectivity index (χ1v) is 19.4. The van der Waals surface area contributed by atoms with Gasteiger partial charge in [0.05, 0.1) is 10.8 Å². The lowest BCUT2D eigenvalue weighted by molar-refractivity contribution is -0.384. The van der Waals surface area contributed by atoms with Crippen LogP contribution in [0.2, 0.25) is 36.3 Å². The van der Waals surface area contributed by atoms with Crippen LogP contribution in [0.3, 0.4) is 0 Å². The molecule has 0 aliphatic carbocycles. The van der Waals surface area contributed by atoms with E-state index in [0.29, 0.717) is 18.6 Å². The molecular formula is C28H46N2O7Si2. The van der Waals surface area contributed by atoms with Crippen LogP contribution < -0.4 is 0 Å². The van der Waals surface area contributed by atoms with Crippen molar-refractivity contribution in [3.05, 3.63) is 39.9 Å². The number of benzene rings is 1. The van der Waals surface area contributed by atoms with E-state index >= 15 is 0 Å². The molecule has 0 bridgehead atoms. The molecule has 1 saturated heterocycles. The number of rotatable bonds is 12. The average Bonchev–Trinajstić information content (AvgIpc) is 2.78. The van der Waals surface area contributed by atoms with E-state index in [1.807, 2.05) is 4.57 Å². The molecule has 39 heavy (non-hydrogen) atoms.